The van der Waals surface area contributed by atoms with Crippen LogP contribution in [-0.4, -0.2) is 11.9 Å². The van der Waals surface area contributed by atoms with Crippen molar-refractivity contribution in [2.75, 3.05) is 0 Å². The van der Waals surface area contributed by atoms with E-state index in [4.69, 9.17) is 0 Å². The molecule has 0 saturated carbocycles. The van der Waals surface area contributed by atoms with Crippen LogP contribution >= 0.6 is 0 Å². The highest BCUT2D eigenvalue weighted by Gasteiger charge is 2.23. The number of nitrogens with one attached hydrogen (secondary N) is 1. The van der Waals surface area contributed by atoms with E-state index < -0.39 is 0 Å². The Hall–Kier alpha value is -0.530. The molecule has 1 N–H and O–H groups in total. The average molecular weight is 199 g/mol. The first-order valence-electron chi connectivity index (χ1n) is 5.56. The van der Waals surface area contributed by atoms with E-state index in [1.54, 1.807) is 0 Å². The standard InChI is InChI=1S/C12H25NO/c1-7-10(8-12(4,5)6)11(14)13-9(2)3/h9-10H,7-8H2,1-6H3,(H,13,14)/t10-/m1/s1. The first kappa shape index (κ1) is 13.5. The van der Waals surface area contributed by atoms with Crippen LogP contribution in [0.15, 0.2) is 0 Å². The highest BCUT2D eigenvalue weighted by atomic mass is 16.1. The van der Waals surface area contributed by atoms with Crippen LogP contribution < -0.4 is 5.32 Å². The Morgan fingerprint density at radius 1 is 1.29 bits per heavy atom. The highest BCUT2D eigenvalue weighted by Crippen LogP contribution is 2.26. The molecular formula is C12H25NO. The molecule has 0 aromatic carbocycles. The second-order valence-electron chi connectivity index (χ2n) is 5.53. The monoisotopic (exact) mass is 199 g/mol. The predicted molar refractivity (Wildman–Crippen MR) is 61.1 cm³/mol. The third-order valence-corrected chi connectivity index (χ3v) is 2.15. The zero-order chi connectivity index (χ0) is 11.4. The molecule has 0 fully saturated rings. The Morgan fingerprint density at radius 2 is 1.79 bits per heavy atom. The smallest absolute Gasteiger partial charge is 0.223 e. The van der Waals surface area contributed by atoms with Crippen molar-refractivity contribution in [3.8, 4) is 0 Å². The van der Waals surface area contributed by atoms with Crippen molar-refractivity contribution in [3.63, 3.8) is 0 Å². The Bertz CT molecular complexity index is 179. The van der Waals surface area contributed by atoms with Crippen LogP contribution in [0.1, 0.15) is 54.4 Å². The van der Waals surface area contributed by atoms with Gasteiger partial charge in [0, 0.05) is 12.0 Å². The lowest BCUT2D eigenvalue weighted by Crippen LogP contribution is -2.36. The zero-order valence-electron chi connectivity index (χ0n) is 10.5. The van der Waals surface area contributed by atoms with Gasteiger partial charge >= 0.3 is 0 Å². The molecule has 0 aliphatic rings. The number of amides is 1. The maximum atomic E-state index is 11.8. The third kappa shape index (κ3) is 6.01. The summed E-state index contributed by atoms with van der Waals surface area (Å²) in [6, 6.07) is 0.247. The summed E-state index contributed by atoms with van der Waals surface area (Å²) in [4.78, 5) is 11.8. The van der Waals surface area contributed by atoms with Gasteiger partial charge in [-0.2, -0.15) is 0 Å². The summed E-state index contributed by atoms with van der Waals surface area (Å²) in [5, 5.41) is 2.98. The van der Waals surface area contributed by atoms with E-state index in [1.807, 2.05) is 13.8 Å². The Labute approximate surface area is 88.5 Å². The molecule has 84 valence electrons. The molecule has 0 aromatic rings. The van der Waals surface area contributed by atoms with Gasteiger partial charge in [0.2, 0.25) is 5.91 Å². The molecule has 0 bridgehead atoms. The van der Waals surface area contributed by atoms with E-state index in [0.29, 0.717) is 0 Å². The van der Waals surface area contributed by atoms with Crippen LogP contribution in [0.2, 0.25) is 0 Å². The molecule has 0 saturated heterocycles. The van der Waals surface area contributed by atoms with Gasteiger partial charge in [0.15, 0.2) is 0 Å². The minimum Gasteiger partial charge on any atom is -0.354 e. The van der Waals surface area contributed by atoms with Crippen molar-refractivity contribution in [1.82, 2.24) is 5.32 Å². The maximum absolute atomic E-state index is 11.8. The van der Waals surface area contributed by atoms with Gasteiger partial charge in [-0.05, 0) is 32.1 Å². The summed E-state index contributed by atoms with van der Waals surface area (Å²) in [5.74, 6) is 0.370. The Morgan fingerprint density at radius 3 is 2.07 bits per heavy atom. The molecule has 0 rings (SSSR count). The molecule has 0 aliphatic carbocycles. The average Bonchev–Trinajstić information content (AvgIpc) is 1.96. The summed E-state index contributed by atoms with van der Waals surface area (Å²) in [6.07, 6.45) is 1.89. The molecule has 0 aromatic heterocycles. The van der Waals surface area contributed by atoms with Crippen molar-refractivity contribution < 1.29 is 4.79 Å². The molecule has 2 heteroatoms. The summed E-state index contributed by atoms with van der Waals surface area (Å²) in [7, 11) is 0. The Kier molecular flexibility index (Phi) is 5.17. The molecule has 0 spiro atoms. The van der Waals surface area contributed by atoms with Gasteiger partial charge in [-0.3, -0.25) is 4.79 Å². The van der Waals surface area contributed by atoms with Crippen molar-refractivity contribution in [3.05, 3.63) is 0 Å². The van der Waals surface area contributed by atoms with Gasteiger partial charge in [0.1, 0.15) is 0 Å². The number of hydrogen-bond acceptors (Lipinski definition) is 1. The number of carbonyl (C=O) groups is 1. The van der Waals surface area contributed by atoms with Crippen LogP contribution in [0.3, 0.4) is 0 Å². The predicted octanol–water partition coefficient (Wildman–Crippen LogP) is 2.97. The topological polar surface area (TPSA) is 29.1 Å². The van der Waals surface area contributed by atoms with E-state index in [0.717, 1.165) is 12.8 Å². The van der Waals surface area contributed by atoms with Gasteiger partial charge in [0.05, 0.1) is 0 Å². The molecule has 14 heavy (non-hydrogen) atoms. The molecule has 1 atom stereocenters. The van der Waals surface area contributed by atoms with E-state index in [2.05, 4.69) is 33.0 Å². The van der Waals surface area contributed by atoms with Gasteiger partial charge in [0.25, 0.3) is 0 Å². The first-order chi connectivity index (χ1) is 6.26. The van der Waals surface area contributed by atoms with E-state index in [1.165, 1.54) is 0 Å². The normalized spacial score (nSPS) is 14.2. The summed E-state index contributed by atoms with van der Waals surface area (Å²) in [5.41, 5.74) is 0.231. The van der Waals surface area contributed by atoms with Crippen molar-refractivity contribution in [1.29, 1.82) is 0 Å². The fraction of sp³-hybridized carbons (Fsp3) is 0.917. The van der Waals surface area contributed by atoms with Crippen LogP contribution in [-0.2, 0) is 4.79 Å². The highest BCUT2D eigenvalue weighted by molar-refractivity contribution is 5.78. The molecule has 0 heterocycles. The summed E-state index contributed by atoms with van der Waals surface area (Å²) >= 11 is 0. The second kappa shape index (κ2) is 5.38. The fourth-order valence-corrected chi connectivity index (χ4v) is 1.56. The second-order valence-corrected chi connectivity index (χ2v) is 5.53. The SMILES string of the molecule is CC[C@H](CC(C)(C)C)C(=O)NC(C)C. The minimum atomic E-state index is 0.164. The molecule has 0 unspecified atom stereocenters. The van der Waals surface area contributed by atoms with E-state index in [-0.39, 0.29) is 23.3 Å². The number of hydrogen-bond donors (Lipinski definition) is 1. The van der Waals surface area contributed by atoms with Gasteiger partial charge in [-0.15, -0.1) is 0 Å². The minimum absolute atomic E-state index is 0.164. The maximum Gasteiger partial charge on any atom is 0.223 e. The Balaban J connectivity index is 4.20. The summed E-state index contributed by atoms with van der Waals surface area (Å²) < 4.78 is 0. The lowest BCUT2D eigenvalue weighted by molar-refractivity contribution is -0.126. The molecule has 1 amide bonds. The van der Waals surface area contributed by atoms with Crippen molar-refractivity contribution >= 4 is 5.91 Å². The molecule has 2 nitrogen and oxygen atoms in total. The van der Waals surface area contributed by atoms with E-state index >= 15 is 0 Å². The van der Waals surface area contributed by atoms with Crippen LogP contribution in [0.4, 0.5) is 0 Å². The zero-order valence-corrected chi connectivity index (χ0v) is 10.5. The lowest BCUT2D eigenvalue weighted by Gasteiger charge is -2.25. The number of carbonyl (C=O) groups excluding carboxylic acids is 1. The van der Waals surface area contributed by atoms with Crippen molar-refractivity contribution in [2.24, 2.45) is 11.3 Å². The van der Waals surface area contributed by atoms with Crippen LogP contribution in [0.25, 0.3) is 0 Å². The molecule has 0 radical (unpaired) electrons. The van der Waals surface area contributed by atoms with Gasteiger partial charge in [-0.1, -0.05) is 27.7 Å². The fourth-order valence-electron chi connectivity index (χ4n) is 1.56. The van der Waals surface area contributed by atoms with Gasteiger partial charge in [-0.25, -0.2) is 0 Å². The lowest BCUT2D eigenvalue weighted by atomic mass is 9.83. The molecular weight excluding hydrogens is 174 g/mol. The first-order valence-corrected chi connectivity index (χ1v) is 5.56. The van der Waals surface area contributed by atoms with E-state index in [9.17, 15) is 4.79 Å². The molecule has 0 aliphatic heterocycles. The van der Waals surface area contributed by atoms with Crippen LogP contribution in [0.5, 0.6) is 0 Å². The summed E-state index contributed by atoms with van der Waals surface area (Å²) in [6.45, 7) is 12.6. The quantitative estimate of drug-likeness (QED) is 0.741. The van der Waals surface area contributed by atoms with Crippen molar-refractivity contribution in [2.45, 2.75) is 60.4 Å². The van der Waals surface area contributed by atoms with Crippen LogP contribution in [0, 0.1) is 11.3 Å². The van der Waals surface area contributed by atoms with Gasteiger partial charge < -0.3 is 5.32 Å². The largest absolute Gasteiger partial charge is 0.354 e. The number of rotatable bonds is 4. The third-order valence-electron chi connectivity index (χ3n) is 2.15.